The molecule has 1 heterocycles. The van der Waals surface area contributed by atoms with Gasteiger partial charge in [0.05, 0.1) is 0 Å². The van der Waals surface area contributed by atoms with Gasteiger partial charge in [-0.15, -0.1) is 0 Å². The maximum Gasteiger partial charge on any atom is 0.320 e. The topological polar surface area (TPSA) is 74.8 Å². The quantitative estimate of drug-likeness (QED) is 0.680. The van der Waals surface area contributed by atoms with E-state index in [9.17, 15) is 8.42 Å². The molecular weight excluding hydrogens is 190 g/mol. The lowest BCUT2D eigenvalue weighted by atomic mass is 10.5. The normalized spacial score (nSPS) is 11.5. The third kappa shape index (κ3) is 2.77. The molecule has 1 rings (SSSR count). The summed E-state index contributed by atoms with van der Waals surface area (Å²) < 4.78 is 22.8. The van der Waals surface area contributed by atoms with Crippen molar-refractivity contribution < 1.29 is 8.42 Å². The Morgan fingerprint density at radius 2 is 2.36 bits per heavy atom. The first kappa shape index (κ1) is 8.35. The van der Waals surface area contributed by atoms with Crippen molar-refractivity contribution in [3.05, 3.63) is 11.8 Å². The van der Waals surface area contributed by atoms with E-state index in [-0.39, 0.29) is 5.82 Å². The first-order valence-electron chi connectivity index (χ1n) is 2.72. The number of aromatic amines is 1. The monoisotopic (exact) mass is 195 g/mol. The van der Waals surface area contributed by atoms with E-state index in [0.29, 0.717) is 0 Å². The van der Waals surface area contributed by atoms with E-state index in [2.05, 4.69) is 10.2 Å². The van der Waals surface area contributed by atoms with Crippen LogP contribution >= 0.6 is 10.7 Å². The van der Waals surface area contributed by atoms with Gasteiger partial charge in [0.2, 0.25) is 0 Å². The van der Waals surface area contributed by atoms with Crippen LogP contribution in [0.5, 0.6) is 0 Å². The fraction of sp³-hybridized carbons (Fsp3) is 0.250. The molecule has 11 heavy (non-hydrogen) atoms. The summed E-state index contributed by atoms with van der Waals surface area (Å²) in [6.45, 7) is 1.75. The van der Waals surface area contributed by atoms with Crippen molar-refractivity contribution in [3.8, 4) is 0 Å². The van der Waals surface area contributed by atoms with Gasteiger partial charge in [-0.25, -0.2) is 0 Å². The molecule has 0 unspecified atom stereocenters. The van der Waals surface area contributed by atoms with Gasteiger partial charge in [0, 0.05) is 22.4 Å². The first-order valence-corrected chi connectivity index (χ1v) is 5.03. The van der Waals surface area contributed by atoms with Crippen LogP contribution in [0.25, 0.3) is 0 Å². The molecule has 0 aliphatic heterocycles. The highest BCUT2D eigenvalue weighted by atomic mass is 35.7. The molecule has 0 aromatic carbocycles. The number of rotatable bonds is 2. The Morgan fingerprint density at radius 3 is 2.73 bits per heavy atom. The molecule has 0 saturated carbocycles. The lowest BCUT2D eigenvalue weighted by Crippen LogP contribution is -2.04. The number of nitrogens with one attached hydrogen (secondary N) is 2. The average molecular weight is 196 g/mol. The van der Waals surface area contributed by atoms with Crippen LogP contribution in [-0.4, -0.2) is 18.6 Å². The van der Waals surface area contributed by atoms with Crippen LogP contribution in [0, 0.1) is 6.92 Å². The second-order valence-electron chi connectivity index (χ2n) is 1.98. The zero-order chi connectivity index (χ0) is 8.48. The molecule has 0 aliphatic carbocycles. The van der Waals surface area contributed by atoms with Crippen LogP contribution in [0.4, 0.5) is 5.82 Å². The number of halogens is 1. The number of aryl methyl sites for hydroxylation is 1. The Balaban J connectivity index is 2.81. The number of anilines is 1. The lowest BCUT2D eigenvalue weighted by molar-refractivity contribution is 0.614. The third-order valence-corrected chi connectivity index (χ3v) is 1.62. The minimum absolute atomic E-state index is 0.192. The standard InChI is InChI=1S/C4H6ClN3O2S/c1-3-2-4(7-6-3)8-11(5,9)10/h2H,1H3,(H2,6,7,8). The molecule has 0 spiro atoms. The van der Waals surface area contributed by atoms with E-state index in [1.807, 2.05) is 4.72 Å². The molecule has 5 nitrogen and oxygen atoms in total. The van der Waals surface area contributed by atoms with E-state index >= 15 is 0 Å². The number of hydrogen-bond donors (Lipinski definition) is 2. The first-order chi connectivity index (χ1) is 4.97. The fourth-order valence-corrected chi connectivity index (χ4v) is 1.19. The maximum absolute atomic E-state index is 10.4. The van der Waals surface area contributed by atoms with Crippen molar-refractivity contribution in [2.45, 2.75) is 6.92 Å². The van der Waals surface area contributed by atoms with Gasteiger partial charge in [0.15, 0.2) is 5.82 Å². The van der Waals surface area contributed by atoms with Crippen LogP contribution in [-0.2, 0) is 9.24 Å². The second kappa shape index (κ2) is 2.71. The summed E-state index contributed by atoms with van der Waals surface area (Å²) in [6, 6.07) is 1.53. The molecule has 2 N–H and O–H groups in total. The Morgan fingerprint density at radius 1 is 1.73 bits per heavy atom. The van der Waals surface area contributed by atoms with Gasteiger partial charge in [0.25, 0.3) is 0 Å². The zero-order valence-electron chi connectivity index (χ0n) is 5.63. The number of hydrogen-bond acceptors (Lipinski definition) is 3. The summed E-state index contributed by atoms with van der Waals surface area (Å²) >= 11 is 0. The summed E-state index contributed by atoms with van der Waals surface area (Å²) in [7, 11) is 1.16. The summed E-state index contributed by atoms with van der Waals surface area (Å²) in [6.07, 6.45) is 0. The minimum Gasteiger partial charge on any atom is -0.281 e. The maximum atomic E-state index is 10.4. The molecule has 0 atom stereocenters. The molecule has 0 radical (unpaired) electrons. The predicted octanol–water partition coefficient (Wildman–Crippen LogP) is 0.614. The van der Waals surface area contributed by atoms with Crippen molar-refractivity contribution in [2.75, 3.05) is 4.72 Å². The Labute approximate surface area is 68.3 Å². The van der Waals surface area contributed by atoms with Crippen LogP contribution in [0.15, 0.2) is 6.07 Å². The third-order valence-electron chi connectivity index (χ3n) is 0.932. The van der Waals surface area contributed by atoms with Gasteiger partial charge < -0.3 is 0 Å². The van der Waals surface area contributed by atoms with Crippen molar-refractivity contribution >= 4 is 25.7 Å². The van der Waals surface area contributed by atoms with Gasteiger partial charge in [-0.05, 0) is 6.92 Å². The summed E-state index contributed by atoms with van der Waals surface area (Å²) in [5, 5.41) is 6.16. The molecule has 7 heteroatoms. The molecule has 0 bridgehead atoms. The smallest absolute Gasteiger partial charge is 0.281 e. The van der Waals surface area contributed by atoms with Gasteiger partial charge in [-0.1, -0.05) is 0 Å². The SMILES string of the molecule is Cc1cc(NS(=O)(=O)Cl)n[nH]1. The highest BCUT2D eigenvalue weighted by molar-refractivity contribution is 8.14. The van der Waals surface area contributed by atoms with Gasteiger partial charge in [0.1, 0.15) is 0 Å². The zero-order valence-corrected chi connectivity index (χ0v) is 7.20. The fourth-order valence-electron chi connectivity index (χ4n) is 0.595. The van der Waals surface area contributed by atoms with Crippen LogP contribution in [0.3, 0.4) is 0 Å². The molecular formula is C4H6ClN3O2S. The van der Waals surface area contributed by atoms with Crippen molar-refractivity contribution in [1.29, 1.82) is 0 Å². The second-order valence-corrected chi connectivity index (χ2v) is 4.27. The Kier molecular flexibility index (Phi) is 2.05. The Bertz CT molecular complexity index is 344. The van der Waals surface area contributed by atoms with Gasteiger partial charge in [-0.3, -0.25) is 9.82 Å². The molecule has 0 saturated heterocycles. The molecule has 62 valence electrons. The minimum atomic E-state index is -3.72. The largest absolute Gasteiger partial charge is 0.320 e. The average Bonchev–Trinajstić information content (AvgIpc) is 2.10. The number of aromatic nitrogens is 2. The molecule has 0 fully saturated rings. The van der Waals surface area contributed by atoms with Crippen LogP contribution < -0.4 is 4.72 Å². The number of nitrogens with zero attached hydrogens (tertiary/aromatic N) is 1. The van der Waals surface area contributed by atoms with E-state index in [1.54, 1.807) is 6.92 Å². The van der Waals surface area contributed by atoms with Crippen molar-refractivity contribution in [1.82, 2.24) is 10.2 Å². The highest BCUT2D eigenvalue weighted by Gasteiger charge is 2.05. The van der Waals surface area contributed by atoms with Crippen LogP contribution in [0.2, 0.25) is 0 Å². The predicted molar refractivity (Wildman–Crippen MR) is 41.7 cm³/mol. The van der Waals surface area contributed by atoms with Crippen LogP contribution in [0.1, 0.15) is 5.69 Å². The van der Waals surface area contributed by atoms with E-state index < -0.39 is 9.24 Å². The van der Waals surface area contributed by atoms with E-state index in [1.165, 1.54) is 6.07 Å². The number of H-pyrrole nitrogens is 1. The molecule has 1 aromatic heterocycles. The van der Waals surface area contributed by atoms with Gasteiger partial charge >= 0.3 is 9.24 Å². The van der Waals surface area contributed by atoms with E-state index in [4.69, 9.17) is 10.7 Å². The van der Waals surface area contributed by atoms with E-state index in [0.717, 1.165) is 5.69 Å². The molecule has 0 amide bonds. The highest BCUT2D eigenvalue weighted by Crippen LogP contribution is 2.07. The summed E-state index contributed by atoms with van der Waals surface area (Å²) in [5.74, 6) is 0.192. The summed E-state index contributed by atoms with van der Waals surface area (Å²) in [4.78, 5) is 0. The van der Waals surface area contributed by atoms with Crippen molar-refractivity contribution in [2.24, 2.45) is 0 Å². The van der Waals surface area contributed by atoms with Gasteiger partial charge in [-0.2, -0.15) is 13.5 Å². The lowest BCUT2D eigenvalue weighted by Gasteiger charge is -1.92. The summed E-state index contributed by atoms with van der Waals surface area (Å²) in [5.41, 5.74) is 0.757. The Hall–Kier alpha value is -0.750. The van der Waals surface area contributed by atoms with Crippen molar-refractivity contribution in [3.63, 3.8) is 0 Å². The molecule has 0 aliphatic rings. The molecule has 1 aromatic rings.